The summed E-state index contributed by atoms with van der Waals surface area (Å²) >= 11 is 0. The standard InChI is InChI=1S/C31H37F3N2O3/c1-3-5-7-8-9-11-23-12-14-24(15-13-23)25-16-18-26(19-17-25)29-35-21-27(22-36-29)39-30(37)28(31(32,33)34)38-20-10-6-4-2/h12-19,21-22,28H,3-11,20H2,1-2H3. The number of unbranched alkanes of at least 4 members (excludes halogenated alkanes) is 6. The minimum absolute atomic E-state index is 0.179. The van der Waals surface area contributed by atoms with Crippen molar-refractivity contribution in [3.8, 4) is 28.3 Å². The number of aromatic nitrogens is 2. The van der Waals surface area contributed by atoms with E-state index in [4.69, 9.17) is 9.47 Å². The van der Waals surface area contributed by atoms with Crippen LogP contribution in [0.1, 0.15) is 70.8 Å². The highest BCUT2D eigenvalue weighted by Gasteiger charge is 2.47. The van der Waals surface area contributed by atoms with Crippen LogP contribution in [0, 0.1) is 0 Å². The molecule has 0 spiro atoms. The average molecular weight is 543 g/mol. The van der Waals surface area contributed by atoms with Crippen LogP contribution in [0.5, 0.6) is 5.75 Å². The van der Waals surface area contributed by atoms with Gasteiger partial charge in [0.15, 0.2) is 11.6 Å². The molecular formula is C31H37F3N2O3. The van der Waals surface area contributed by atoms with Gasteiger partial charge in [-0.15, -0.1) is 0 Å². The lowest BCUT2D eigenvalue weighted by molar-refractivity contribution is -0.225. The zero-order chi connectivity index (χ0) is 28.1. The minimum atomic E-state index is -4.87. The van der Waals surface area contributed by atoms with Gasteiger partial charge >= 0.3 is 12.1 Å². The Morgan fingerprint density at radius 2 is 1.31 bits per heavy atom. The summed E-state index contributed by atoms with van der Waals surface area (Å²) in [6.07, 6.45) is 4.21. The van der Waals surface area contributed by atoms with Crippen LogP contribution >= 0.6 is 0 Å². The fourth-order valence-corrected chi connectivity index (χ4v) is 4.15. The van der Waals surface area contributed by atoms with Crippen molar-refractivity contribution < 1.29 is 27.4 Å². The van der Waals surface area contributed by atoms with Gasteiger partial charge in [0, 0.05) is 12.2 Å². The summed E-state index contributed by atoms with van der Waals surface area (Å²) in [4.78, 5) is 20.5. The second-order valence-corrected chi connectivity index (χ2v) is 9.60. The molecule has 8 heteroatoms. The van der Waals surface area contributed by atoms with E-state index in [0.717, 1.165) is 29.5 Å². The number of halogens is 3. The highest BCUT2D eigenvalue weighted by molar-refractivity contribution is 5.78. The summed E-state index contributed by atoms with van der Waals surface area (Å²) in [6.45, 7) is 3.96. The number of alkyl halides is 3. The maximum Gasteiger partial charge on any atom is 0.425 e. The van der Waals surface area contributed by atoms with Crippen molar-refractivity contribution in [1.82, 2.24) is 9.97 Å². The monoisotopic (exact) mass is 542 g/mol. The normalized spacial score (nSPS) is 12.3. The zero-order valence-electron chi connectivity index (χ0n) is 22.7. The Morgan fingerprint density at radius 3 is 1.90 bits per heavy atom. The molecule has 5 nitrogen and oxygen atoms in total. The molecule has 0 fully saturated rings. The first-order chi connectivity index (χ1) is 18.8. The summed E-state index contributed by atoms with van der Waals surface area (Å²) in [5.41, 5.74) is 4.23. The van der Waals surface area contributed by atoms with E-state index >= 15 is 0 Å². The SMILES string of the molecule is CCCCCCCc1ccc(-c2ccc(-c3ncc(OC(=O)C(OCCCCC)C(F)(F)F)cn3)cc2)cc1. The molecule has 0 amide bonds. The molecule has 1 unspecified atom stereocenters. The molecule has 210 valence electrons. The van der Waals surface area contributed by atoms with Crippen LogP contribution < -0.4 is 4.74 Å². The smallest absolute Gasteiger partial charge is 0.421 e. The summed E-state index contributed by atoms with van der Waals surface area (Å²) in [7, 11) is 0. The molecule has 0 bridgehead atoms. The number of esters is 1. The van der Waals surface area contributed by atoms with Crippen molar-refractivity contribution in [3.63, 3.8) is 0 Å². The third kappa shape index (κ3) is 9.77. The van der Waals surface area contributed by atoms with Gasteiger partial charge < -0.3 is 9.47 Å². The van der Waals surface area contributed by atoms with Crippen LogP contribution in [0.2, 0.25) is 0 Å². The van der Waals surface area contributed by atoms with Crippen molar-refractivity contribution in [3.05, 3.63) is 66.5 Å². The number of carbonyl (C=O) groups is 1. The Labute approximate surface area is 228 Å². The van der Waals surface area contributed by atoms with Gasteiger partial charge in [-0.3, -0.25) is 0 Å². The molecule has 39 heavy (non-hydrogen) atoms. The zero-order valence-corrected chi connectivity index (χ0v) is 22.7. The molecule has 0 saturated carbocycles. The maximum absolute atomic E-state index is 13.3. The van der Waals surface area contributed by atoms with Gasteiger partial charge in [-0.25, -0.2) is 14.8 Å². The highest BCUT2D eigenvalue weighted by atomic mass is 19.4. The maximum atomic E-state index is 13.3. The second-order valence-electron chi connectivity index (χ2n) is 9.60. The van der Waals surface area contributed by atoms with Gasteiger partial charge in [0.05, 0.1) is 12.4 Å². The van der Waals surface area contributed by atoms with Crippen molar-refractivity contribution in [2.24, 2.45) is 0 Å². The van der Waals surface area contributed by atoms with Crippen molar-refractivity contribution in [2.75, 3.05) is 6.61 Å². The Balaban J connectivity index is 1.57. The van der Waals surface area contributed by atoms with E-state index in [1.165, 1.54) is 50.1 Å². The molecular weight excluding hydrogens is 505 g/mol. The molecule has 0 aliphatic heterocycles. The lowest BCUT2D eigenvalue weighted by Gasteiger charge is -2.19. The molecule has 0 aliphatic carbocycles. The predicted octanol–water partition coefficient (Wildman–Crippen LogP) is 8.37. The summed E-state index contributed by atoms with van der Waals surface area (Å²) in [5, 5.41) is 0. The fourth-order valence-electron chi connectivity index (χ4n) is 4.15. The molecule has 3 rings (SSSR count). The van der Waals surface area contributed by atoms with Crippen LogP contribution in [0.15, 0.2) is 60.9 Å². The molecule has 3 aromatic rings. The van der Waals surface area contributed by atoms with E-state index < -0.39 is 18.2 Å². The first-order valence-corrected chi connectivity index (χ1v) is 13.7. The summed E-state index contributed by atoms with van der Waals surface area (Å²) < 4.78 is 49.5. The highest BCUT2D eigenvalue weighted by Crippen LogP contribution is 2.27. The molecule has 0 saturated heterocycles. The van der Waals surface area contributed by atoms with Crippen LogP contribution in [0.4, 0.5) is 13.2 Å². The number of hydrogen-bond donors (Lipinski definition) is 0. The predicted molar refractivity (Wildman–Crippen MR) is 146 cm³/mol. The number of benzene rings is 2. The molecule has 0 aliphatic rings. The molecule has 2 aromatic carbocycles. The average Bonchev–Trinajstić information content (AvgIpc) is 2.93. The molecule has 1 atom stereocenters. The molecule has 0 radical (unpaired) electrons. The van der Waals surface area contributed by atoms with E-state index in [1.54, 1.807) is 0 Å². The molecule has 1 heterocycles. The fraction of sp³-hybridized carbons (Fsp3) is 0.452. The summed E-state index contributed by atoms with van der Waals surface area (Å²) in [5.74, 6) is -1.36. The molecule has 1 aromatic heterocycles. The quantitative estimate of drug-likeness (QED) is 0.143. The minimum Gasteiger partial charge on any atom is -0.421 e. The van der Waals surface area contributed by atoms with Gasteiger partial charge in [0.25, 0.3) is 6.10 Å². The lowest BCUT2D eigenvalue weighted by atomic mass is 10.00. The number of carbonyl (C=O) groups excluding carboxylic acids is 1. The topological polar surface area (TPSA) is 61.3 Å². The van der Waals surface area contributed by atoms with Crippen LogP contribution in [0.3, 0.4) is 0 Å². The van der Waals surface area contributed by atoms with Crippen LogP contribution in [-0.4, -0.2) is 34.8 Å². The lowest BCUT2D eigenvalue weighted by Crippen LogP contribution is -2.42. The third-order valence-corrected chi connectivity index (χ3v) is 6.39. The van der Waals surface area contributed by atoms with Crippen LogP contribution in [-0.2, 0) is 16.0 Å². The van der Waals surface area contributed by atoms with Crippen molar-refractivity contribution >= 4 is 5.97 Å². The largest absolute Gasteiger partial charge is 0.425 e. The Kier molecular flexibility index (Phi) is 11.9. The Hall–Kier alpha value is -3.26. The Morgan fingerprint density at radius 1 is 0.769 bits per heavy atom. The van der Waals surface area contributed by atoms with E-state index in [9.17, 15) is 18.0 Å². The van der Waals surface area contributed by atoms with Gasteiger partial charge in [0.2, 0.25) is 0 Å². The van der Waals surface area contributed by atoms with Gasteiger partial charge in [-0.2, -0.15) is 13.2 Å². The Bertz CT molecular complexity index is 1130. The van der Waals surface area contributed by atoms with E-state index in [1.807, 2.05) is 31.2 Å². The van der Waals surface area contributed by atoms with E-state index in [-0.39, 0.29) is 12.4 Å². The van der Waals surface area contributed by atoms with Crippen molar-refractivity contribution in [2.45, 2.75) is 83.9 Å². The van der Waals surface area contributed by atoms with E-state index in [0.29, 0.717) is 18.7 Å². The number of rotatable bonds is 15. The second kappa shape index (κ2) is 15.4. The van der Waals surface area contributed by atoms with Gasteiger partial charge in [-0.1, -0.05) is 101 Å². The first-order valence-electron chi connectivity index (χ1n) is 13.7. The number of aryl methyl sites for hydroxylation is 1. The molecule has 0 N–H and O–H groups in total. The van der Waals surface area contributed by atoms with Crippen molar-refractivity contribution in [1.29, 1.82) is 0 Å². The number of hydrogen-bond acceptors (Lipinski definition) is 5. The third-order valence-electron chi connectivity index (χ3n) is 6.39. The summed E-state index contributed by atoms with van der Waals surface area (Å²) in [6, 6.07) is 16.3. The van der Waals surface area contributed by atoms with Crippen LogP contribution in [0.25, 0.3) is 22.5 Å². The first kappa shape index (κ1) is 30.3. The number of nitrogens with zero attached hydrogens (tertiary/aromatic N) is 2. The van der Waals surface area contributed by atoms with E-state index in [2.05, 4.69) is 41.2 Å². The van der Waals surface area contributed by atoms with Gasteiger partial charge in [-0.05, 0) is 36.0 Å². The van der Waals surface area contributed by atoms with Gasteiger partial charge in [0.1, 0.15) is 0 Å². The number of ether oxygens (including phenoxy) is 2.